The first-order valence-corrected chi connectivity index (χ1v) is 13.3. The van der Waals surface area contributed by atoms with Gasteiger partial charge in [-0.2, -0.15) is 5.10 Å². The third-order valence-corrected chi connectivity index (χ3v) is 8.41. The summed E-state index contributed by atoms with van der Waals surface area (Å²) in [6, 6.07) is 10.1. The molecule has 1 aromatic carbocycles. The van der Waals surface area contributed by atoms with E-state index < -0.39 is 0 Å². The number of benzene rings is 1. The van der Waals surface area contributed by atoms with Gasteiger partial charge in [0.2, 0.25) is 0 Å². The average molecular weight is 458 g/mol. The number of hydrogen-bond acceptors (Lipinski definition) is 4. The van der Waals surface area contributed by atoms with Crippen molar-refractivity contribution < 1.29 is 8.81 Å². The standard InChI is InChI=1S/C24H28FN3OS2/c1-24(2,3)21-9-8-20(29-21)15-5-4-14(10-15)19-11-22(28-27-19)26-18-7-6-16-12-31(30)13-17(16)23(18)25/h6-9,11,14-15H,4-5,10,12-13H2,1-3H3,(H2,26,27,28). The van der Waals surface area contributed by atoms with Crippen LogP contribution in [0.1, 0.15) is 80.2 Å². The number of aromatic nitrogens is 2. The third kappa shape index (κ3) is 4.10. The van der Waals surface area contributed by atoms with Crippen molar-refractivity contribution in [2.75, 3.05) is 5.32 Å². The minimum absolute atomic E-state index is 0.0275. The molecule has 2 aliphatic rings. The van der Waals surface area contributed by atoms with Crippen molar-refractivity contribution >= 4 is 32.1 Å². The van der Waals surface area contributed by atoms with Gasteiger partial charge < -0.3 is 9.73 Å². The predicted octanol–water partition coefficient (Wildman–Crippen LogP) is 6.33. The number of rotatable bonds is 4. The molecule has 2 aromatic heterocycles. The van der Waals surface area contributed by atoms with Crippen LogP contribution < -0.4 is 5.32 Å². The Morgan fingerprint density at radius 2 is 1.97 bits per heavy atom. The fourth-order valence-electron chi connectivity index (χ4n) is 4.68. The zero-order chi connectivity index (χ0) is 21.8. The quantitative estimate of drug-likeness (QED) is 0.481. The van der Waals surface area contributed by atoms with Gasteiger partial charge in [-0.05, 0) is 43.0 Å². The number of aromatic amines is 1. The maximum Gasteiger partial charge on any atom is 0.152 e. The van der Waals surface area contributed by atoms with Crippen LogP contribution >= 0.6 is 0 Å². The first-order chi connectivity index (χ1) is 14.8. The maximum atomic E-state index is 14.9. The van der Waals surface area contributed by atoms with Gasteiger partial charge in [-0.3, -0.25) is 5.10 Å². The lowest BCUT2D eigenvalue weighted by atomic mass is 9.94. The van der Waals surface area contributed by atoms with Gasteiger partial charge >= 0.3 is 0 Å². The van der Waals surface area contributed by atoms with Crippen LogP contribution in [0.5, 0.6) is 0 Å². The van der Waals surface area contributed by atoms with E-state index in [1.165, 1.54) is 0 Å². The fourth-order valence-corrected chi connectivity index (χ4v) is 6.77. The Labute approximate surface area is 189 Å². The van der Waals surface area contributed by atoms with Gasteiger partial charge in [-0.25, -0.2) is 4.39 Å². The molecule has 5 rings (SSSR count). The van der Waals surface area contributed by atoms with Gasteiger partial charge in [0.25, 0.3) is 0 Å². The number of furan rings is 1. The molecule has 1 fully saturated rings. The third-order valence-electron chi connectivity index (χ3n) is 6.46. The van der Waals surface area contributed by atoms with E-state index in [1.807, 2.05) is 12.1 Å². The van der Waals surface area contributed by atoms with E-state index in [0.717, 1.165) is 53.4 Å². The van der Waals surface area contributed by atoms with Crippen molar-refractivity contribution in [3.05, 3.63) is 64.5 Å². The fraction of sp³-hybridized carbons (Fsp3) is 0.458. The molecule has 3 atom stereocenters. The molecule has 3 unspecified atom stereocenters. The van der Waals surface area contributed by atoms with Gasteiger partial charge in [0.05, 0.1) is 5.69 Å². The smallest absolute Gasteiger partial charge is 0.152 e. The highest BCUT2D eigenvalue weighted by atomic mass is 32.8. The van der Waals surface area contributed by atoms with Crippen LogP contribution in [0.25, 0.3) is 0 Å². The number of fused-ring (bicyclic) bond motifs is 1. The average Bonchev–Trinajstić information content (AvgIpc) is 3.48. The molecule has 3 heterocycles. The lowest BCUT2D eigenvalue weighted by Gasteiger charge is -2.15. The summed E-state index contributed by atoms with van der Waals surface area (Å²) < 4.78 is 21.1. The van der Waals surface area contributed by atoms with E-state index >= 15 is 0 Å². The molecule has 0 spiro atoms. The predicted molar refractivity (Wildman–Crippen MR) is 127 cm³/mol. The monoisotopic (exact) mass is 457 g/mol. The van der Waals surface area contributed by atoms with Crippen LogP contribution in [0.4, 0.5) is 15.9 Å². The molecule has 1 aliphatic heterocycles. The Hall–Kier alpha value is -1.99. The number of hydrogen-bond donors (Lipinski definition) is 2. The van der Waals surface area contributed by atoms with Crippen molar-refractivity contribution in [2.24, 2.45) is 0 Å². The summed E-state index contributed by atoms with van der Waals surface area (Å²) in [5, 5.41) is 10.7. The second kappa shape index (κ2) is 7.85. The summed E-state index contributed by atoms with van der Waals surface area (Å²) in [7, 11) is -0.169. The first kappa shape index (κ1) is 20.9. The largest absolute Gasteiger partial charge is 0.465 e. The number of halogens is 1. The normalized spacial score (nSPS) is 23.3. The number of nitrogens with one attached hydrogen (secondary N) is 2. The van der Waals surface area contributed by atoms with E-state index in [2.05, 4.69) is 48.4 Å². The minimum atomic E-state index is -0.185. The molecule has 1 saturated carbocycles. The highest BCUT2D eigenvalue weighted by Crippen LogP contribution is 2.44. The van der Waals surface area contributed by atoms with Crippen LogP contribution in [0.15, 0.2) is 34.7 Å². The molecule has 0 radical (unpaired) electrons. The molecule has 164 valence electrons. The summed E-state index contributed by atoms with van der Waals surface area (Å²) in [5.41, 5.74) is 3.42. The number of nitrogens with zero attached hydrogens (tertiary/aromatic N) is 1. The SMILES string of the molecule is CC(C)(C)c1ccc(C2CCC(c3cc(Nc4ccc5c(c4F)CS(=S)C5)n[nH]3)C2)o1. The van der Waals surface area contributed by atoms with E-state index in [9.17, 15) is 4.39 Å². The maximum absolute atomic E-state index is 14.9. The van der Waals surface area contributed by atoms with Gasteiger partial charge in [0, 0.05) is 46.1 Å². The second-order valence-electron chi connectivity index (χ2n) is 9.79. The van der Waals surface area contributed by atoms with E-state index in [4.69, 9.17) is 15.6 Å². The highest BCUT2D eigenvalue weighted by Gasteiger charge is 2.31. The van der Waals surface area contributed by atoms with Crippen LogP contribution in [0.3, 0.4) is 0 Å². The van der Waals surface area contributed by atoms with Gasteiger partial charge in [-0.1, -0.05) is 38.0 Å². The summed E-state index contributed by atoms with van der Waals surface area (Å²) in [6.45, 7) is 6.52. The second-order valence-corrected chi connectivity index (χ2v) is 12.7. The number of anilines is 2. The van der Waals surface area contributed by atoms with E-state index in [-0.39, 0.29) is 20.7 Å². The summed E-state index contributed by atoms with van der Waals surface area (Å²) >= 11 is 5.39. The van der Waals surface area contributed by atoms with Crippen molar-refractivity contribution in [1.82, 2.24) is 10.2 Å². The van der Waals surface area contributed by atoms with Crippen molar-refractivity contribution in [3.63, 3.8) is 0 Å². The molecule has 2 N–H and O–H groups in total. The van der Waals surface area contributed by atoms with Crippen molar-refractivity contribution in [3.8, 4) is 0 Å². The first-order valence-electron chi connectivity index (χ1n) is 10.9. The Morgan fingerprint density at radius 3 is 2.74 bits per heavy atom. The molecule has 0 amide bonds. The van der Waals surface area contributed by atoms with E-state index in [0.29, 0.717) is 29.1 Å². The Morgan fingerprint density at radius 1 is 1.16 bits per heavy atom. The Bertz CT molecular complexity index is 1140. The van der Waals surface area contributed by atoms with Crippen LogP contribution in [-0.2, 0) is 37.6 Å². The molecular weight excluding hydrogens is 429 g/mol. The lowest BCUT2D eigenvalue weighted by molar-refractivity contribution is 0.369. The van der Waals surface area contributed by atoms with Crippen LogP contribution in [0, 0.1) is 5.82 Å². The Balaban J connectivity index is 1.27. The molecule has 4 nitrogen and oxygen atoms in total. The molecule has 7 heteroatoms. The topological polar surface area (TPSA) is 53.9 Å². The van der Waals surface area contributed by atoms with Gasteiger partial charge in [0.15, 0.2) is 11.6 Å². The molecule has 0 bridgehead atoms. The zero-order valence-electron chi connectivity index (χ0n) is 18.1. The summed E-state index contributed by atoms with van der Waals surface area (Å²) in [5.74, 6) is 4.90. The van der Waals surface area contributed by atoms with Crippen molar-refractivity contribution in [1.29, 1.82) is 0 Å². The minimum Gasteiger partial charge on any atom is -0.465 e. The van der Waals surface area contributed by atoms with Gasteiger partial charge in [0.1, 0.15) is 11.5 Å². The van der Waals surface area contributed by atoms with Crippen LogP contribution in [-0.4, -0.2) is 10.2 Å². The van der Waals surface area contributed by atoms with Crippen LogP contribution in [0.2, 0.25) is 0 Å². The zero-order valence-corrected chi connectivity index (χ0v) is 19.8. The molecule has 31 heavy (non-hydrogen) atoms. The molecular formula is C24H28FN3OS2. The molecule has 0 saturated heterocycles. The molecule has 3 aromatic rings. The Kier molecular flexibility index (Phi) is 5.29. The number of H-pyrrole nitrogens is 1. The summed E-state index contributed by atoms with van der Waals surface area (Å²) in [6.07, 6.45) is 3.23. The summed E-state index contributed by atoms with van der Waals surface area (Å²) in [4.78, 5) is 0. The highest BCUT2D eigenvalue weighted by molar-refractivity contribution is 8.28. The molecule has 1 aliphatic carbocycles. The lowest BCUT2D eigenvalue weighted by Crippen LogP contribution is -2.09. The van der Waals surface area contributed by atoms with E-state index in [1.54, 1.807) is 6.07 Å². The van der Waals surface area contributed by atoms with Crippen molar-refractivity contribution in [2.45, 2.75) is 68.8 Å². The van der Waals surface area contributed by atoms with Gasteiger partial charge in [-0.15, -0.1) is 9.45 Å².